The largest absolute Gasteiger partial charge is 0.330 e. The molecular weight excluding hydrogens is 298 g/mol. The molecule has 0 atom stereocenters. The van der Waals surface area contributed by atoms with Crippen LogP contribution in [-0.4, -0.2) is 17.4 Å². The second kappa shape index (κ2) is 7.53. The van der Waals surface area contributed by atoms with E-state index in [0.29, 0.717) is 13.0 Å². The van der Waals surface area contributed by atoms with Crippen LogP contribution in [0, 0.1) is 0 Å². The summed E-state index contributed by atoms with van der Waals surface area (Å²) in [5, 5.41) is 3.94. The van der Waals surface area contributed by atoms with Crippen LogP contribution in [0.1, 0.15) is 17.7 Å². The van der Waals surface area contributed by atoms with Gasteiger partial charge in [0.25, 0.3) is 0 Å². The van der Waals surface area contributed by atoms with Gasteiger partial charge in [0.1, 0.15) is 0 Å². The van der Waals surface area contributed by atoms with E-state index in [9.17, 15) is 4.79 Å². The van der Waals surface area contributed by atoms with E-state index in [2.05, 4.69) is 16.4 Å². The first-order valence-corrected chi connectivity index (χ1v) is 7.88. The Morgan fingerprint density at radius 1 is 1.00 bits per heavy atom. The minimum absolute atomic E-state index is 0.0684. The number of hydrogen-bond acceptors (Lipinski definition) is 3. The SMILES string of the molecule is NCCC(=O)Nc1ccc(C=Cc2ccc3ccccc3n2)cc1. The van der Waals surface area contributed by atoms with Crippen molar-refractivity contribution < 1.29 is 4.79 Å². The fraction of sp³-hybridized carbons (Fsp3) is 0.100. The number of carbonyl (C=O) groups excluding carboxylic acids is 1. The summed E-state index contributed by atoms with van der Waals surface area (Å²) in [6, 6.07) is 19.8. The quantitative estimate of drug-likeness (QED) is 0.754. The molecule has 0 aliphatic carbocycles. The number of hydrogen-bond donors (Lipinski definition) is 2. The van der Waals surface area contributed by atoms with Crippen LogP contribution in [0.5, 0.6) is 0 Å². The van der Waals surface area contributed by atoms with Gasteiger partial charge in [0.15, 0.2) is 0 Å². The molecule has 24 heavy (non-hydrogen) atoms. The number of amides is 1. The maximum atomic E-state index is 11.5. The summed E-state index contributed by atoms with van der Waals surface area (Å²) in [6.07, 6.45) is 4.31. The minimum Gasteiger partial charge on any atom is -0.330 e. The Morgan fingerprint density at radius 3 is 2.58 bits per heavy atom. The average Bonchev–Trinajstić information content (AvgIpc) is 2.61. The molecule has 3 rings (SSSR count). The lowest BCUT2D eigenvalue weighted by Crippen LogP contribution is -2.15. The first-order chi connectivity index (χ1) is 11.7. The molecule has 3 N–H and O–H groups in total. The fourth-order valence-corrected chi connectivity index (χ4v) is 2.39. The molecule has 0 spiro atoms. The van der Waals surface area contributed by atoms with Crippen LogP contribution >= 0.6 is 0 Å². The normalized spacial score (nSPS) is 11.0. The molecule has 0 unspecified atom stereocenters. The Labute approximate surface area is 141 Å². The highest BCUT2D eigenvalue weighted by Crippen LogP contribution is 2.15. The fourth-order valence-electron chi connectivity index (χ4n) is 2.39. The van der Waals surface area contributed by atoms with Crippen LogP contribution in [0.3, 0.4) is 0 Å². The number of nitrogens with zero attached hydrogens (tertiary/aromatic N) is 1. The summed E-state index contributed by atoms with van der Waals surface area (Å²) >= 11 is 0. The zero-order valence-electron chi connectivity index (χ0n) is 13.3. The number of benzene rings is 2. The third kappa shape index (κ3) is 4.06. The zero-order chi connectivity index (χ0) is 16.8. The van der Waals surface area contributed by atoms with Crippen molar-refractivity contribution in [2.75, 3.05) is 11.9 Å². The van der Waals surface area contributed by atoms with Crippen LogP contribution in [0.15, 0.2) is 60.7 Å². The molecule has 4 nitrogen and oxygen atoms in total. The van der Waals surface area contributed by atoms with E-state index in [0.717, 1.165) is 27.8 Å². The van der Waals surface area contributed by atoms with Gasteiger partial charge in [-0.3, -0.25) is 4.79 Å². The first-order valence-electron chi connectivity index (χ1n) is 7.88. The monoisotopic (exact) mass is 317 g/mol. The summed E-state index contributed by atoms with van der Waals surface area (Å²) in [5.41, 5.74) is 9.07. The van der Waals surface area contributed by atoms with Crippen molar-refractivity contribution in [3.63, 3.8) is 0 Å². The number of anilines is 1. The molecule has 0 saturated heterocycles. The Morgan fingerprint density at radius 2 is 1.79 bits per heavy atom. The molecule has 3 aromatic rings. The molecule has 0 aliphatic heterocycles. The second-order valence-corrected chi connectivity index (χ2v) is 5.47. The summed E-state index contributed by atoms with van der Waals surface area (Å²) < 4.78 is 0. The molecule has 1 heterocycles. The van der Waals surface area contributed by atoms with Crippen molar-refractivity contribution >= 4 is 34.6 Å². The van der Waals surface area contributed by atoms with Crippen molar-refractivity contribution in [3.05, 3.63) is 71.9 Å². The molecule has 0 saturated carbocycles. The summed E-state index contributed by atoms with van der Waals surface area (Å²) in [5.74, 6) is -0.0684. The van der Waals surface area contributed by atoms with Crippen LogP contribution < -0.4 is 11.1 Å². The molecule has 1 amide bonds. The molecule has 2 aromatic carbocycles. The van der Waals surface area contributed by atoms with E-state index in [1.54, 1.807) is 0 Å². The number of para-hydroxylation sites is 1. The van der Waals surface area contributed by atoms with Gasteiger partial charge < -0.3 is 11.1 Å². The molecule has 120 valence electrons. The lowest BCUT2D eigenvalue weighted by molar-refractivity contribution is -0.116. The maximum Gasteiger partial charge on any atom is 0.225 e. The van der Waals surface area contributed by atoms with E-state index >= 15 is 0 Å². The number of nitrogens with one attached hydrogen (secondary N) is 1. The van der Waals surface area contributed by atoms with Crippen molar-refractivity contribution in [1.82, 2.24) is 4.98 Å². The van der Waals surface area contributed by atoms with Gasteiger partial charge in [0, 0.05) is 24.0 Å². The predicted octanol–water partition coefficient (Wildman–Crippen LogP) is 3.69. The Hall–Kier alpha value is -2.98. The van der Waals surface area contributed by atoms with Gasteiger partial charge in [-0.25, -0.2) is 4.98 Å². The van der Waals surface area contributed by atoms with Crippen molar-refractivity contribution in [1.29, 1.82) is 0 Å². The van der Waals surface area contributed by atoms with Gasteiger partial charge in [0.2, 0.25) is 5.91 Å². The molecule has 0 radical (unpaired) electrons. The highest BCUT2D eigenvalue weighted by Gasteiger charge is 2.00. The number of aromatic nitrogens is 1. The van der Waals surface area contributed by atoms with Gasteiger partial charge in [-0.1, -0.05) is 42.5 Å². The third-order valence-electron chi connectivity index (χ3n) is 3.63. The van der Waals surface area contributed by atoms with Crippen LogP contribution in [-0.2, 0) is 4.79 Å². The Bertz CT molecular complexity index is 869. The van der Waals surface area contributed by atoms with E-state index in [1.807, 2.05) is 66.7 Å². The molecule has 4 heteroatoms. The molecule has 1 aromatic heterocycles. The Kier molecular flexibility index (Phi) is 4.99. The van der Waals surface area contributed by atoms with Gasteiger partial charge in [-0.2, -0.15) is 0 Å². The van der Waals surface area contributed by atoms with E-state index in [-0.39, 0.29) is 5.91 Å². The summed E-state index contributed by atoms with van der Waals surface area (Å²) in [6.45, 7) is 0.353. The van der Waals surface area contributed by atoms with Crippen molar-refractivity contribution in [3.8, 4) is 0 Å². The number of rotatable bonds is 5. The van der Waals surface area contributed by atoms with E-state index in [1.165, 1.54) is 0 Å². The first kappa shape index (κ1) is 15.9. The lowest BCUT2D eigenvalue weighted by atomic mass is 10.1. The zero-order valence-corrected chi connectivity index (χ0v) is 13.3. The Balaban J connectivity index is 1.70. The summed E-state index contributed by atoms with van der Waals surface area (Å²) in [7, 11) is 0. The highest BCUT2D eigenvalue weighted by molar-refractivity contribution is 5.91. The summed E-state index contributed by atoms with van der Waals surface area (Å²) in [4.78, 5) is 16.1. The van der Waals surface area contributed by atoms with Crippen molar-refractivity contribution in [2.24, 2.45) is 5.73 Å². The topological polar surface area (TPSA) is 68.0 Å². The van der Waals surface area contributed by atoms with Crippen LogP contribution in [0.25, 0.3) is 23.1 Å². The standard InChI is InChI=1S/C20H19N3O/c21-14-13-20(24)23-18-10-6-15(7-11-18)5-9-17-12-8-16-3-1-2-4-19(16)22-17/h1-12H,13-14,21H2,(H,23,24). The third-order valence-corrected chi connectivity index (χ3v) is 3.63. The van der Waals surface area contributed by atoms with Crippen LogP contribution in [0.4, 0.5) is 5.69 Å². The molecular formula is C20H19N3O. The van der Waals surface area contributed by atoms with E-state index < -0.39 is 0 Å². The second-order valence-electron chi connectivity index (χ2n) is 5.47. The smallest absolute Gasteiger partial charge is 0.225 e. The lowest BCUT2D eigenvalue weighted by Gasteiger charge is -2.04. The molecule has 0 aliphatic rings. The van der Waals surface area contributed by atoms with Gasteiger partial charge in [-0.15, -0.1) is 0 Å². The highest BCUT2D eigenvalue weighted by atomic mass is 16.1. The maximum absolute atomic E-state index is 11.5. The molecule has 0 fully saturated rings. The van der Waals surface area contributed by atoms with Gasteiger partial charge in [-0.05, 0) is 35.9 Å². The average molecular weight is 317 g/mol. The molecule has 0 bridgehead atoms. The van der Waals surface area contributed by atoms with Gasteiger partial charge >= 0.3 is 0 Å². The predicted molar refractivity (Wildman–Crippen MR) is 99.4 cm³/mol. The number of nitrogens with two attached hydrogens (primary N) is 1. The van der Waals surface area contributed by atoms with Crippen LogP contribution in [0.2, 0.25) is 0 Å². The number of pyridine rings is 1. The van der Waals surface area contributed by atoms with Crippen molar-refractivity contribution in [2.45, 2.75) is 6.42 Å². The number of fused-ring (bicyclic) bond motifs is 1. The minimum atomic E-state index is -0.0684. The van der Waals surface area contributed by atoms with Gasteiger partial charge in [0.05, 0.1) is 11.2 Å². The van der Waals surface area contributed by atoms with E-state index in [4.69, 9.17) is 5.73 Å². The number of carbonyl (C=O) groups is 1.